The van der Waals surface area contributed by atoms with Gasteiger partial charge in [-0.05, 0) is 36.0 Å². The zero-order valence-corrected chi connectivity index (χ0v) is 11.2. The Kier molecular flexibility index (Phi) is 3.44. The Labute approximate surface area is 119 Å². The normalized spacial score (nSPS) is 10.2. The van der Waals surface area contributed by atoms with Gasteiger partial charge in [0.05, 0.1) is 11.3 Å². The SMILES string of the molecule is N#Cc1cccnc1Sc1ncn(-c2ccccc2)n1. The lowest BCUT2D eigenvalue weighted by molar-refractivity contribution is 0.833. The molecule has 5 nitrogen and oxygen atoms in total. The molecule has 0 unspecified atom stereocenters. The minimum atomic E-state index is 0.522. The summed E-state index contributed by atoms with van der Waals surface area (Å²) in [5.41, 5.74) is 1.46. The third-order valence-corrected chi connectivity index (χ3v) is 3.46. The molecule has 0 saturated carbocycles. The first-order valence-corrected chi connectivity index (χ1v) is 6.68. The summed E-state index contributed by atoms with van der Waals surface area (Å²) in [4.78, 5) is 8.41. The van der Waals surface area contributed by atoms with Crippen LogP contribution in [0.15, 0.2) is 65.2 Å². The van der Waals surface area contributed by atoms with Crippen LogP contribution in [-0.4, -0.2) is 19.7 Å². The van der Waals surface area contributed by atoms with Crippen molar-refractivity contribution in [2.24, 2.45) is 0 Å². The Bertz CT molecular complexity index is 760. The highest BCUT2D eigenvalue weighted by Gasteiger charge is 2.09. The van der Waals surface area contributed by atoms with Gasteiger partial charge in [-0.15, -0.1) is 5.10 Å². The van der Waals surface area contributed by atoms with Gasteiger partial charge in [0.2, 0.25) is 5.16 Å². The van der Waals surface area contributed by atoms with Crippen molar-refractivity contribution in [2.75, 3.05) is 0 Å². The van der Waals surface area contributed by atoms with E-state index in [2.05, 4.69) is 21.1 Å². The van der Waals surface area contributed by atoms with E-state index >= 15 is 0 Å². The lowest BCUT2D eigenvalue weighted by atomic mass is 10.3. The Hall–Kier alpha value is -2.65. The standard InChI is InChI=1S/C14H9N5S/c15-9-11-5-4-8-16-13(11)20-14-17-10-19(18-14)12-6-2-1-3-7-12/h1-8,10H. The third-order valence-electron chi connectivity index (χ3n) is 2.57. The molecule has 6 heteroatoms. The van der Waals surface area contributed by atoms with Gasteiger partial charge in [-0.25, -0.2) is 14.6 Å². The van der Waals surface area contributed by atoms with Gasteiger partial charge < -0.3 is 0 Å². The molecule has 0 aliphatic heterocycles. The molecule has 3 aromatic rings. The van der Waals surface area contributed by atoms with Crippen molar-refractivity contribution in [3.8, 4) is 11.8 Å². The van der Waals surface area contributed by atoms with Crippen LogP contribution in [0.1, 0.15) is 5.56 Å². The number of rotatable bonds is 3. The van der Waals surface area contributed by atoms with Crippen LogP contribution in [0.3, 0.4) is 0 Å². The number of benzene rings is 1. The molecular weight excluding hydrogens is 270 g/mol. The van der Waals surface area contributed by atoms with E-state index < -0.39 is 0 Å². The number of nitriles is 1. The predicted octanol–water partition coefficient (Wildman–Crippen LogP) is 2.69. The van der Waals surface area contributed by atoms with Gasteiger partial charge in [-0.1, -0.05) is 18.2 Å². The first kappa shape index (κ1) is 12.4. The summed E-state index contributed by atoms with van der Waals surface area (Å²) in [6.45, 7) is 0. The minimum Gasteiger partial charge on any atom is -0.248 e. The molecule has 0 aliphatic rings. The van der Waals surface area contributed by atoms with Gasteiger partial charge in [-0.2, -0.15) is 5.26 Å². The second kappa shape index (κ2) is 5.55. The van der Waals surface area contributed by atoms with E-state index in [1.54, 1.807) is 29.3 Å². The van der Waals surface area contributed by atoms with Crippen LogP contribution in [0, 0.1) is 11.3 Å². The lowest BCUT2D eigenvalue weighted by Crippen LogP contribution is -1.94. The number of hydrogen-bond acceptors (Lipinski definition) is 5. The maximum atomic E-state index is 9.03. The second-order valence-electron chi connectivity index (χ2n) is 3.88. The second-order valence-corrected chi connectivity index (χ2v) is 4.83. The van der Waals surface area contributed by atoms with Crippen molar-refractivity contribution >= 4 is 11.8 Å². The summed E-state index contributed by atoms with van der Waals surface area (Å²) in [6, 6.07) is 15.3. The highest BCUT2D eigenvalue weighted by atomic mass is 32.2. The van der Waals surface area contributed by atoms with Crippen LogP contribution in [0.2, 0.25) is 0 Å². The molecule has 3 rings (SSSR count). The van der Waals surface area contributed by atoms with Crippen LogP contribution in [-0.2, 0) is 0 Å². The number of pyridine rings is 1. The van der Waals surface area contributed by atoms with E-state index in [9.17, 15) is 0 Å². The van der Waals surface area contributed by atoms with Gasteiger partial charge in [0.15, 0.2) is 0 Å². The van der Waals surface area contributed by atoms with E-state index in [-0.39, 0.29) is 0 Å². The van der Waals surface area contributed by atoms with E-state index in [4.69, 9.17) is 5.26 Å². The monoisotopic (exact) mass is 279 g/mol. The molecule has 0 bridgehead atoms. The van der Waals surface area contributed by atoms with Gasteiger partial charge in [0.25, 0.3) is 0 Å². The topological polar surface area (TPSA) is 67.4 Å². The predicted molar refractivity (Wildman–Crippen MR) is 74.4 cm³/mol. The van der Waals surface area contributed by atoms with Crippen LogP contribution in [0.5, 0.6) is 0 Å². The molecule has 0 atom stereocenters. The largest absolute Gasteiger partial charge is 0.248 e. The molecule has 0 N–H and O–H groups in total. The van der Waals surface area contributed by atoms with Gasteiger partial charge >= 0.3 is 0 Å². The summed E-state index contributed by atoms with van der Waals surface area (Å²) in [6.07, 6.45) is 3.30. The lowest BCUT2D eigenvalue weighted by Gasteiger charge is -1.99. The van der Waals surface area contributed by atoms with Crippen LogP contribution in [0.4, 0.5) is 0 Å². The minimum absolute atomic E-state index is 0.522. The Morgan fingerprint density at radius 3 is 2.70 bits per heavy atom. The molecule has 0 aliphatic carbocycles. The first-order chi connectivity index (χ1) is 9.86. The third kappa shape index (κ3) is 2.53. The van der Waals surface area contributed by atoms with Gasteiger partial charge in [0.1, 0.15) is 17.4 Å². The number of nitrogens with zero attached hydrogens (tertiary/aromatic N) is 5. The van der Waals surface area contributed by atoms with E-state index in [1.807, 2.05) is 30.3 Å². The summed E-state index contributed by atoms with van der Waals surface area (Å²) >= 11 is 1.28. The fraction of sp³-hybridized carbons (Fsp3) is 0. The van der Waals surface area contributed by atoms with E-state index in [0.717, 1.165) is 5.69 Å². The molecule has 0 radical (unpaired) electrons. The van der Waals surface area contributed by atoms with E-state index in [0.29, 0.717) is 15.7 Å². The van der Waals surface area contributed by atoms with Gasteiger partial charge in [0, 0.05) is 6.20 Å². The zero-order chi connectivity index (χ0) is 13.8. The molecule has 20 heavy (non-hydrogen) atoms. The molecular formula is C14H9N5S. The average Bonchev–Trinajstić information content (AvgIpc) is 2.97. The van der Waals surface area contributed by atoms with Crippen molar-refractivity contribution in [1.82, 2.24) is 19.7 Å². The fourth-order valence-corrected chi connectivity index (χ4v) is 2.38. The summed E-state index contributed by atoms with van der Waals surface area (Å²) in [5.74, 6) is 0. The number of para-hydroxylation sites is 1. The van der Waals surface area contributed by atoms with Crippen molar-refractivity contribution in [2.45, 2.75) is 10.2 Å². The maximum Gasteiger partial charge on any atom is 0.215 e. The quantitative estimate of drug-likeness (QED) is 0.737. The molecule has 2 heterocycles. The summed E-state index contributed by atoms with van der Waals surface area (Å²) in [7, 11) is 0. The molecule has 0 saturated heterocycles. The zero-order valence-electron chi connectivity index (χ0n) is 10.3. The molecule has 2 aromatic heterocycles. The molecule has 0 spiro atoms. The Morgan fingerprint density at radius 2 is 1.90 bits per heavy atom. The highest BCUT2D eigenvalue weighted by Crippen LogP contribution is 2.25. The Morgan fingerprint density at radius 1 is 1.05 bits per heavy atom. The molecule has 0 amide bonds. The highest BCUT2D eigenvalue weighted by molar-refractivity contribution is 7.99. The van der Waals surface area contributed by atoms with Crippen LogP contribution in [0.25, 0.3) is 5.69 Å². The van der Waals surface area contributed by atoms with Crippen molar-refractivity contribution < 1.29 is 0 Å². The van der Waals surface area contributed by atoms with Crippen LogP contribution >= 0.6 is 11.8 Å². The van der Waals surface area contributed by atoms with Crippen LogP contribution < -0.4 is 0 Å². The van der Waals surface area contributed by atoms with Crippen molar-refractivity contribution in [1.29, 1.82) is 5.26 Å². The number of hydrogen-bond donors (Lipinski definition) is 0. The summed E-state index contributed by atoms with van der Waals surface area (Å²) in [5, 5.41) is 14.6. The first-order valence-electron chi connectivity index (χ1n) is 5.87. The Balaban J connectivity index is 1.87. The average molecular weight is 279 g/mol. The summed E-state index contributed by atoms with van der Waals surface area (Å²) < 4.78 is 1.69. The fourth-order valence-electron chi connectivity index (χ4n) is 1.64. The smallest absolute Gasteiger partial charge is 0.215 e. The van der Waals surface area contributed by atoms with Gasteiger partial charge in [-0.3, -0.25) is 0 Å². The van der Waals surface area contributed by atoms with E-state index in [1.165, 1.54) is 11.8 Å². The molecule has 1 aromatic carbocycles. The number of aromatic nitrogens is 4. The molecule has 96 valence electrons. The van der Waals surface area contributed by atoms with Crippen molar-refractivity contribution in [3.63, 3.8) is 0 Å². The maximum absolute atomic E-state index is 9.03. The van der Waals surface area contributed by atoms with Crippen molar-refractivity contribution in [3.05, 3.63) is 60.6 Å². The molecule has 0 fully saturated rings.